The lowest BCUT2D eigenvalue weighted by atomic mass is 10.00. The number of likely N-dealkylation sites (tertiary alicyclic amines) is 1. The molecule has 1 saturated heterocycles. The fourth-order valence-electron chi connectivity index (χ4n) is 1.77. The Bertz CT molecular complexity index is 275. The van der Waals surface area contributed by atoms with Gasteiger partial charge in [-0.1, -0.05) is 6.92 Å². The predicted molar refractivity (Wildman–Crippen MR) is 61.4 cm³/mol. The second-order valence-corrected chi connectivity index (χ2v) is 4.38. The summed E-state index contributed by atoms with van der Waals surface area (Å²) in [5, 5.41) is 11.4. The number of piperidine rings is 1. The van der Waals surface area contributed by atoms with Gasteiger partial charge in [-0.15, -0.1) is 0 Å². The van der Waals surface area contributed by atoms with E-state index in [1.807, 2.05) is 0 Å². The number of carbonyl (C=O) groups is 2. The third-order valence-corrected chi connectivity index (χ3v) is 3.04. The number of aliphatic hydroxyl groups is 1. The van der Waals surface area contributed by atoms with Gasteiger partial charge in [0.1, 0.15) is 0 Å². The highest BCUT2D eigenvalue weighted by molar-refractivity contribution is 5.83. The Morgan fingerprint density at radius 3 is 2.53 bits per heavy atom. The molecule has 1 aliphatic rings. The van der Waals surface area contributed by atoms with Crippen molar-refractivity contribution >= 4 is 12.0 Å². The molecule has 6 nitrogen and oxygen atoms in total. The molecule has 0 saturated carbocycles. The smallest absolute Gasteiger partial charge is 0.330 e. The normalized spacial score (nSPS) is 18.6. The van der Waals surface area contributed by atoms with E-state index in [9.17, 15) is 9.59 Å². The average Bonchev–Trinajstić information content (AvgIpc) is 2.35. The minimum Gasteiger partial charge on any atom is -0.467 e. The number of nitrogens with one attached hydrogen (secondary N) is 1. The van der Waals surface area contributed by atoms with Crippen molar-refractivity contribution in [2.24, 2.45) is 5.92 Å². The number of hydrogen-bond donors (Lipinski definition) is 2. The van der Waals surface area contributed by atoms with Gasteiger partial charge in [-0.05, 0) is 18.8 Å². The number of rotatable bonds is 3. The summed E-state index contributed by atoms with van der Waals surface area (Å²) in [5.74, 6) is -0.000441. The largest absolute Gasteiger partial charge is 0.467 e. The number of nitrogens with zero attached hydrogens (tertiary/aromatic N) is 1. The first-order valence-corrected chi connectivity index (χ1v) is 5.82. The van der Waals surface area contributed by atoms with E-state index in [-0.39, 0.29) is 6.03 Å². The first-order valence-electron chi connectivity index (χ1n) is 5.82. The molecule has 0 radical (unpaired) electrons. The monoisotopic (exact) mass is 244 g/mol. The molecule has 0 spiro atoms. The second-order valence-electron chi connectivity index (χ2n) is 4.38. The lowest BCUT2D eigenvalue weighted by Gasteiger charge is -2.31. The molecule has 0 aromatic rings. The Hall–Kier alpha value is -1.30. The molecule has 1 atom stereocenters. The van der Waals surface area contributed by atoms with Crippen molar-refractivity contribution in [1.29, 1.82) is 0 Å². The Kier molecular flexibility index (Phi) is 5.21. The van der Waals surface area contributed by atoms with Gasteiger partial charge in [0, 0.05) is 13.1 Å². The number of methoxy groups -OCH3 is 1. The molecule has 1 unspecified atom stereocenters. The topological polar surface area (TPSA) is 78.9 Å². The van der Waals surface area contributed by atoms with Crippen molar-refractivity contribution in [2.45, 2.75) is 25.8 Å². The molecular formula is C11H20N2O4. The molecule has 0 bridgehead atoms. The molecule has 0 aromatic heterocycles. The van der Waals surface area contributed by atoms with E-state index < -0.39 is 18.6 Å². The number of ether oxygens (including phenoxy) is 1. The van der Waals surface area contributed by atoms with Crippen molar-refractivity contribution in [3.8, 4) is 0 Å². The zero-order valence-corrected chi connectivity index (χ0v) is 10.3. The number of aliphatic hydroxyl groups excluding tert-OH is 1. The maximum atomic E-state index is 11.8. The van der Waals surface area contributed by atoms with Gasteiger partial charge in [0.2, 0.25) is 0 Å². The Balaban J connectivity index is 2.44. The van der Waals surface area contributed by atoms with Crippen LogP contribution in [0.15, 0.2) is 0 Å². The highest BCUT2D eigenvalue weighted by Gasteiger charge is 2.25. The van der Waals surface area contributed by atoms with E-state index in [4.69, 9.17) is 5.11 Å². The average molecular weight is 244 g/mol. The van der Waals surface area contributed by atoms with Gasteiger partial charge in [0.05, 0.1) is 13.7 Å². The molecule has 2 N–H and O–H groups in total. The molecule has 0 aliphatic carbocycles. The molecule has 6 heteroatoms. The van der Waals surface area contributed by atoms with Gasteiger partial charge < -0.3 is 20.1 Å². The summed E-state index contributed by atoms with van der Waals surface area (Å²) >= 11 is 0. The van der Waals surface area contributed by atoms with Gasteiger partial charge in [-0.25, -0.2) is 9.59 Å². The van der Waals surface area contributed by atoms with Crippen LogP contribution in [0.3, 0.4) is 0 Å². The van der Waals surface area contributed by atoms with Gasteiger partial charge in [0.25, 0.3) is 0 Å². The maximum absolute atomic E-state index is 11.8. The number of carbonyl (C=O) groups excluding carboxylic acids is 2. The van der Waals surface area contributed by atoms with Crippen LogP contribution >= 0.6 is 0 Å². The maximum Gasteiger partial charge on any atom is 0.330 e. The molecule has 1 aliphatic heterocycles. The molecular weight excluding hydrogens is 224 g/mol. The van der Waals surface area contributed by atoms with Crippen LogP contribution in [0.4, 0.5) is 4.79 Å². The van der Waals surface area contributed by atoms with Gasteiger partial charge >= 0.3 is 12.0 Å². The van der Waals surface area contributed by atoms with Crippen molar-refractivity contribution in [1.82, 2.24) is 10.2 Å². The van der Waals surface area contributed by atoms with Crippen LogP contribution in [0, 0.1) is 5.92 Å². The molecule has 0 aromatic carbocycles. The van der Waals surface area contributed by atoms with E-state index in [0.717, 1.165) is 12.8 Å². The summed E-state index contributed by atoms with van der Waals surface area (Å²) in [6.07, 6.45) is 1.94. The summed E-state index contributed by atoms with van der Waals surface area (Å²) in [6.45, 7) is 3.07. The lowest BCUT2D eigenvalue weighted by molar-refractivity contribution is -0.143. The third-order valence-electron chi connectivity index (χ3n) is 3.04. The third kappa shape index (κ3) is 3.89. The second kappa shape index (κ2) is 6.44. The van der Waals surface area contributed by atoms with E-state index in [1.165, 1.54) is 7.11 Å². The SMILES string of the molecule is COC(=O)C(CO)NC(=O)N1CCC(C)CC1. The van der Waals surface area contributed by atoms with Crippen molar-refractivity contribution in [2.75, 3.05) is 26.8 Å². The van der Waals surface area contributed by atoms with Crippen LogP contribution in [0.5, 0.6) is 0 Å². The highest BCUT2D eigenvalue weighted by atomic mass is 16.5. The van der Waals surface area contributed by atoms with E-state index >= 15 is 0 Å². The lowest BCUT2D eigenvalue weighted by Crippen LogP contribution is -2.51. The first-order chi connectivity index (χ1) is 8.08. The fraction of sp³-hybridized carbons (Fsp3) is 0.818. The fourth-order valence-corrected chi connectivity index (χ4v) is 1.77. The highest BCUT2D eigenvalue weighted by Crippen LogP contribution is 2.15. The number of esters is 1. The molecule has 17 heavy (non-hydrogen) atoms. The Morgan fingerprint density at radius 1 is 1.47 bits per heavy atom. The zero-order chi connectivity index (χ0) is 12.8. The zero-order valence-electron chi connectivity index (χ0n) is 10.3. The van der Waals surface area contributed by atoms with E-state index in [2.05, 4.69) is 17.0 Å². The Morgan fingerprint density at radius 2 is 2.06 bits per heavy atom. The van der Waals surface area contributed by atoms with Gasteiger partial charge in [0.15, 0.2) is 6.04 Å². The molecule has 1 heterocycles. The Labute approximate surface area is 101 Å². The quantitative estimate of drug-likeness (QED) is 0.683. The number of urea groups is 1. The van der Waals surface area contributed by atoms with E-state index in [0.29, 0.717) is 19.0 Å². The van der Waals surface area contributed by atoms with Crippen LogP contribution in [0.2, 0.25) is 0 Å². The van der Waals surface area contributed by atoms with Gasteiger partial charge in [-0.3, -0.25) is 0 Å². The molecule has 1 rings (SSSR count). The van der Waals surface area contributed by atoms with Crippen LogP contribution in [-0.4, -0.2) is 54.9 Å². The number of amides is 2. The summed E-state index contributed by atoms with van der Waals surface area (Å²) in [5.41, 5.74) is 0. The van der Waals surface area contributed by atoms with Crippen LogP contribution in [0.1, 0.15) is 19.8 Å². The van der Waals surface area contributed by atoms with Crippen LogP contribution in [0.25, 0.3) is 0 Å². The summed E-state index contributed by atoms with van der Waals surface area (Å²) in [4.78, 5) is 24.6. The van der Waals surface area contributed by atoms with Crippen molar-refractivity contribution < 1.29 is 19.4 Å². The summed E-state index contributed by atoms with van der Waals surface area (Å²) in [6, 6.07) is -1.30. The first kappa shape index (κ1) is 13.8. The van der Waals surface area contributed by atoms with Crippen LogP contribution in [-0.2, 0) is 9.53 Å². The summed E-state index contributed by atoms with van der Waals surface area (Å²) < 4.78 is 4.48. The van der Waals surface area contributed by atoms with E-state index in [1.54, 1.807) is 4.90 Å². The summed E-state index contributed by atoms with van der Waals surface area (Å²) in [7, 11) is 1.22. The van der Waals surface area contributed by atoms with Crippen LogP contribution < -0.4 is 5.32 Å². The standard InChI is InChI=1S/C11H20N2O4/c1-8-3-5-13(6-4-8)11(16)12-9(7-14)10(15)17-2/h8-9,14H,3-7H2,1-2H3,(H,12,16). The predicted octanol–water partition coefficient (Wildman–Crippen LogP) is -0.0382. The van der Waals surface area contributed by atoms with Gasteiger partial charge in [-0.2, -0.15) is 0 Å². The molecule has 1 fully saturated rings. The molecule has 2 amide bonds. The van der Waals surface area contributed by atoms with Crippen molar-refractivity contribution in [3.05, 3.63) is 0 Å². The van der Waals surface area contributed by atoms with Crippen molar-refractivity contribution in [3.63, 3.8) is 0 Å². The minimum atomic E-state index is -0.980. The molecule has 98 valence electrons. The number of hydrogen-bond acceptors (Lipinski definition) is 4. The minimum absolute atomic E-state index is 0.318.